The van der Waals surface area contributed by atoms with Crippen molar-refractivity contribution in [2.45, 2.75) is 13.0 Å². The zero-order valence-electron chi connectivity index (χ0n) is 20.9. The molecule has 0 spiro atoms. The van der Waals surface area contributed by atoms with Crippen LogP contribution >= 0.6 is 11.3 Å². The van der Waals surface area contributed by atoms with Crippen LogP contribution in [0.25, 0.3) is 5.69 Å². The van der Waals surface area contributed by atoms with Crippen LogP contribution in [0.5, 0.6) is 5.75 Å². The number of anilines is 2. The third kappa shape index (κ3) is 3.61. The molecule has 186 valence electrons. The summed E-state index contributed by atoms with van der Waals surface area (Å²) >= 11 is 1.74. The maximum atomic E-state index is 5.34. The standard InChI is InChI=1S/C30H24N6OS/c1-19-26-27(25-13-8-18-38-25)35-24-12-7-6-11-23(24)32-28(31-20-14-16-22(37-2)17-15-20)30(35)33-29(26)36(34-19)21-9-4-3-5-10-21/h3-18,27H,1-2H3,(H,31,32)/t27-/m1/s1. The zero-order valence-corrected chi connectivity index (χ0v) is 21.7. The second-order valence-electron chi connectivity index (χ2n) is 9.10. The van der Waals surface area contributed by atoms with E-state index < -0.39 is 0 Å². The molecule has 0 radical (unpaired) electrons. The van der Waals surface area contributed by atoms with Crippen LogP contribution in [0.4, 0.5) is 22.9 Å². The minimum absolute atomic E-state index is 0.0979. The Bertz CT molecular complexity index is 1690. The van der Waals surface area contributed by atoms with Crippen molar-refractivity contribution >= 4 is 45.9 Å². The average Bonchev–Trinajstić information content (AvgIpc) is 3.61. The van der Waals surface area contributed by atoms with Crippen LogP contribution < -0.4 is 15.0 Å². The first-order valence-electron chi connectivity index (χ1n) is 12.4. The Hall–Kier alpha value is -4.69. The highest BCUT2D eigenvalue weighted by Gasteiger charge is 2.41. The van der Waals surface area contributed by atoms with Gasteiger partial charge in [-0.05, 0) is 66.9 Å². The van der Waals surface area contributed by atoms with Gasteiger partial charge in [0.2, 0.25) is 0 Å². The number of ether oxygens (including phenoxy) is 1. The number of thiophene rings is 1. The molecule has 2 aliphatic rings. The Labute approximate surface area is 224 Å². The first-order chi connectivity index (χ1) is 18.7. The van der Waals surface area contributed by atoms with Gasteiger partial charge in [0.1, 0.15) is 11.8 Å². The molecule has 4 heterocycles. The lowest BCUT2D eigenvalue weighted by molar-refractivity contribution is 0.415. The van der Waals surface area contributed by atoms with Crippen LogP contribution in [0.3, 0.4) is 0 Å². The van der Waals surface area contributed by atoms with Crippen LogP contribution in [0.15, 0.2) is 106 Å². The quantitative estimate of drug-likeness (QED) is 0.278. The van der Waals surface area contributed by atoms with Gasteiger partial charge in [-0.15, -0.1) is 11.3 Å². The molecular formula is C30H24N6OS. The van der Waals surface area contributed by atoms with Crippen molar-refractivity contribution in [1.82, 2.24) is 9.78 Å². The van der Waals surface area contributed by atoms with Gasteiger partial charge >= 0.3 is 0 Å². The lowest BCUT2D eigenvalue weighted by Gasteiger charge is -2.40. The summed E-state index contributed by atoms with van der Waals surface area (Å²) in [5.41, 5.74) is 5.83. The molecule has 1 atom stereocenters. The number of amidine groups is 2. The van der Waals surface area contributed by atoms with E-state index in [1.165, 1.54) is 4.88 Å². The summed E-state index contributed by atoms with van der Waals surface area (Å²) in [6.45, 7) is 2.07. The third-order valence-corrected chi connectivity index (χ3v) is 7.73. The number of hydrogen-bond acceptors (Lipinski definition) is 7. The van der Waals surface area contributed by atoms with Crippen molar-refractivity contribution in [2.24, 2.45) is 9.98 Å². The highest BCUT2D eigenvalue weighted by molar-refractivity contribution is 7.10. The summed E-state index contributed by atoms with van der Waals surface area (Å²) in [4.78, 5) is 13.8. The summed E-state index contributed by atoms with van der Waals surface area (Å²) in [7, 11) is 1.67. The summed E-state index contributed by atoms with van der Waals surface area (Å²) in [6, 6.07) is 30.4. The fourth-order valence-corrected chi connectivity index (χ4v) is 5.90. The number of nitrogens with zero attached hydrogens (tertiary/aromatic N) is 5. The molecule has 38 heavy (non-hydrogen) atoms. The van der Waals surface area contributed by atoms with Crippen molar-refractivity contribution in [1.29, 1.82) is 0 Å². The number of fused-ring (bicyclic) bond motifs is 4. The molecule has 2 aliphatic heterocycles. The summed E-state index contributed by atoms with van der Waals surface area (Å²) in [6.07, 6.45) is 0. The number of hydrogen-bond donors (Lipinski definition) is 1. The molecule has 0 aliphatic carbocycles. The SMILES string of the molecule is COc1ccc(NC2=Nc3ccccc3N3C2=Nc2c(c(C)nn2-c2ccccc2)[C@H]3c2cccs2)cc1. The van der Waals surface area contributed by atoms with Crippen LogP contribution in [0.1, 0.15) is 22.2 Å². The van der Waals surface area contributed by atoms with Gasteiger partial charge in [-0.2, -0.15) is 5.10 Å². The van der Waals surface area contributed by atoms with E-state index in [0.29, 0.717) is 5.84 Å². The van der Waals surface area contributed by atoms with Crippen LogP contribution in [-0.2, 0) is 0 Å². The fourth-order valence-electron chi connectivity index (χ4n) is 5.07. The monoisotopic (exact) mass is 516 g/mol. The predicted molar refractivity (Wildman–Crippen MR) is 154 cm³/mol. The maximum absolute atomic E-state index is 5.34. The minimum Gasteiger partial charge on any atom is -0.497 e. The molecular weight excluding hydrogens is 492 g/mol. The molecule has 7 nitrogen and oxygen atoms in total. The fraction of sp³-hybridized carbons (Fsp3) is 0.100. The van der Waals surface area contributed by atoms with E-state index >= 15 is 0 Å². The Morgan fingerprint density at radius 1 is 0.868 bits per heavy atom. The Morgan fingerprint density at radius 2 is 1.66 bits per heavy atom. The minimum atomic E-state index is -0.0979. The number of benzene rings is 3. The number of rotatable bonds is 4. The van der Waals surface area contributed by atoms with Crippen LogP contribution in [0.2, 0.25) is 0 Å². The van der Waals surface area contributed by atoms with Gasteiger partial charge in [0.25, 0.3) is 0 Å². The number of para-hydroxylation sites is 3. The molecule has 7 rings (SSSR count). The highest BCUT2D eigenvalue weighted by Crippen LogP contribution is 2.49. The molecule has 0 amide bonds. The molecule has 3 aromatic carbocycles. The smallest absolute Gasteiger partial charge is 0.179 e. The normalized spacial score (nSPS) is 15.6. The number of nitrogens with one attached hydrogen (secondary N) is 1. The van der Waals surface area contributed by atoms with Crippen molar-refractivity contribution in [3.63, 3.8) is 0 Å². The average molecular weight is 517 g/mol. The van der Waals surface area contributed by atoms with Gasteiger partial charge in [0, 0.05) is 16.1 Å². The second kappa shape index (κ2) is 9.00. The molecule has 8 heteroatoms. The molecule has 1 N–H and O–H groups in total. The van der Waals surface area contributed by atoms with E-state index in [9.17, 15) is 0 Å². The lowest BCUT2D eigenvalue weighted by atomic mass is 9.98. The number of aryl methyl sites for hydroxylation is 1. The molecule has 2 aromatic heterocycles. The molecule has 0 bridgehead atoms. The topological polar surface area (TPSA) is 67.0 Å². The van der Waals surface area contributed by atoms with Gasteiger partial charge in [0.15, 0.2) is 17.5 Å². The molecule has 0 fully saturated rings. The van der Waals surface area contributed by atoms with E-state index in [0.717, 1.165) is 51.4 Å². The number of aliphatic imine (C=N–C) groups is 2. The van der Waals surface area contributed by atoms with Crippen LogP contribution in [0, 0.1) is 6.92 Å². The van der Waals surface area contributed by atoms with E-state index in [1.54, 1.807) is 18.4 Å². The summed E-state index contributed by atoms with van der Waals surface area (Å²) < 4.78 is 7.29. The van der Waals surface area contributed by atoms with E-state index in [1.807, 2.05) is 59.3 Å². The molecule has 0 saturated carbocycles. The van der Waals surface area contributed by atoms with Crippen LogP contribution in [-0.4, -0.2) is 28.6 Å². The third-order valence-electron chi connectivity index (χ3n) is 6.80. The summed E-state index contributed by atoms with van der Waals surface area (Å²) in [5.74, 6) is 3.05. The first-order valence-corrected chi connectivity index (χ1v) is 13.2. The van der Waals surface area contributed by atoms with Gasteiger partial charge in [-0.3, -0.25) is 0 Å². The van der Waals surface area contributed by atoms with Crippen molar-refractivity contribution in [3.8, 4) is 11.4 Å². The lowest BCUT2D eigenvalue weighted by Crippen LogP contribution is -2.46. The first kappa shape index (κ1) is 22.5. The van der Waals surface area contributed by atoms with Gasteiger partial charge in [0.05, 0.1) is 29.9 Å². The largest absolute Gasteiger partial charge is 0.497 e. The van der Waals surface area contributed by atoms with Gasteiger partial charge in [-0.25, -0.2) is 14.7 Å². The Kier molecular flexibility index (Phi) is 5.33. The molecule has 0 unspecified atom stereocenters. The van der Waals surface area contributed by atoms with Gasteiger partial charge < -0.3 is 15.0 Å². The molecule has 5 aromatic rings. The molecule has 0 saturated heterocycles. The second-order valence-corrected chi connectivity index (χ2v) is 10.1. The van der Waals surface area contributed by atoms with E-state index in [4.69, 9.17) is 19.8 Å². The Morgan fingerprint density at radius 3 is 2.42 bits per heavy atom. The van der Waals surface area contributed by atoms with Crippen molar-refractivity contribution < 1.29 is 4.74 Å². The number of aromatic nitrogens is 2. The van der Waals surface area contributed by atoms with Crippen molar-refractivity contribution in [2.75, 3.05) is 17.3 Å². The van der Waals surface area contributed by atoms with Gasteiger partial charge in [-0.1, -0.05) is 36.4 Å². The zero-order chi connectivity index (χ0) is 25.6. The Balaban J connectivity index is 1.46. The maximum Gasteiger partial charge on any atom is 0.179 e. The van der Waals surface area contributed by atoms with Crippen molar-refractivity contribution in [3.05, 3.63) is 113 Å². The number of methoxy groups -OCH3 is 1. The highest BCUT2D eigenvalue weighted by atomic mass is 32.1. The van der Waals surface area contributed by atoms with E-state index in [2.05, 4.69) is 58.9 Å². The predicted octanol–water partition coefficient (Wildman–Crippen LogP) is 7.05. The summed E-state index contributed by atoms with van der Waals surface area (Å²) in [5, 5.41) is 10.6. The van der Waals surface area contributed by atoms with E-state index in [-0.39, 0.29) is 6.04 Å².